The van der Waals surface area contributed by atoms with Crippen LogP contribution in [0.25, 0.3) is 5.65 Å². The van der Waals surface area contributed by atoms with Crippen LogP contribution in [-0.4, -0.2) is 37.9 Å². The van der Waals surface area contributed by atoms with Crippen molar-refractivity contribution in [1.82, 2.24) is 14.3 Å². The first kappa shape index (κ1) is 13.6. The maximum Gasteiger partial charge on any atom is 0.320 e. The lowest BCUT2D eigenvalue weighted by molar-refractivity contribution is -0.142. The number of carbonyl (C=O) groups is 1. The highest BCUT2D eigenvalue weighted by atomic mass is 79.9. The summed E-state index contributed by atoms with van der Waals surface area (Å²) in [6.07, 6.45) is 5.49. The topological polar surface area (TPSA) is 57.8 Å². The van der Waals surface area contributed by atoms with Crippen molar-refractivity contribution in [3.8, 4) is 0 Å². The third-order valence-electron chi connectivity index (χ3n) is 3.85. The summed E-state index contributed by atoms with van der Waals surface area (Å²) >= 11 is 3.49. The summed E-state index contributed by atoms with van der Waals surface area (Å²) in [7, 11) is 0. The van der Waals surface area contributed by atoms with E-state index in [9.17, 15) is 9.90 Å². The van der Waals surface area contributed by atoms with Crippen molar-refractivity contribution in [2.24, 2.45) is 0 Å². The van der Waals surface area contributed by atoms with Crippen LogP contribution >= 0.6 is 15.9 Å². The first-order valence-electron chi connectivity index (χ1n) is 6.65. The average molecular weight is 338 g/mol. The molecular weight excluding hydrogens is 322 g/mol. The maximum atomic E-state index is 11.2. The average Bonchev–Trinajstić information content (AvgIpc) is 2.97. The van der Waals surface area contributed by atoms with Gasteiger partial charge in [-0.25, -0.2) is 4.98 Å². The van der Waals surface area contributed by atoms with Gasteiger partial charge in [-0.3, -0.25) is 9.69 Å². The van der Waals surface area contributed by atoms with Gasteiger partial charge in [0.25, 0.3) is 0 Å². The standard InChI is InChI=1S/C14H16BrN3O2/c1-9-5-10(15)7-18-11(6-16-13(9)18)8-17-4-2-3-12(17)14(19)20/h5-7,12H,2-4,8H2,1H3,(H,19,20)/t12-/m1/s1. The lowest BCUT2D eigenvalue weighted by Crippen LogP contribution is -2.35. The fourth-order valence-electron chi connectivity index (χ4n) is 2.88. The number of aromatic nitrogens is 2. The number of fused-ring (bicyclic) bond motifs is 1. The van der Waals surface area contributed by atoms with Crippen molar-refractivity contribution in [3.05, 3.63) is 34.2 Å². The van der Waals surface area contributed by atoms with Crippen LogP contribution in [0.4, 0.5) is 0 Å². The third-order valence-corrected chi connectivity index (χ3v) is 4.28. The molecule has 3 rings (SSSR count). The number of pyridine rings is 1. The van der Waals surface area contributed by atoms with Crippen LogP contribution in [-0.2, 0) is 11.3 Å². The van der Waals surface area contributed by atoms with E-state index in [4.69, 9.17) is 0 Å². The van der Waals surface area contributed by atoms with Gasteiger partial charge in [-0.2, -0.15) is 0 Å². The first-order chi connectivity index (χ1) is 9.56. The predicted octanol–water partition coefficient (Wildman–Crippen LogP) is 2.45. The molecule has 1 saturated heterocycles. The van der Waals surface area contributed by atoms with Crippen molar-refractivity contribution < 1.29 is 9.90 Å². The van der Waals surface area contributed by atoms with Gasteiger partial charge in [-0.05, 0) is 53.9 Å². The smallest absolute Gasteiger partial charge is 0.320 e. The number of carboxylic acids is 1. The molecule has 5 nitrogen and oxygen atoms in total. The van der Waals surface area contributed by atoms with Crippen LogP contribution in [0.1, 0.15) is 24.1 Å². The summed E-state index contributed by atoms with van der Waals surface area (Å²) in [5.74, 6) is -0.728. The van der Waals surface area contributed by atoms with Crippen molar-refractivity contribution in [1.29, 1.82) is 0 Å². The number of imidazole rings is 1. The van der Waals surface area contributed by atoms with Gasteiger partial charge < -0.3 is 9.51 Å². The minimum Gasteiger partial charge on any atom is -0.480 e. The van der Waals surface area contributed by atoms with E-state index in [0.29, 0.717) is 6.54 Å². The Labute approximate surface area is 125 Å². The van der Waals surface area contributed by atoms with E-state index in [1.807, 2.05) is 34.7 Å². The highest BCUT2D eigenvalue weighted by Gasteiger charge is 2.30. The summed E-state index contributed by atoms with van der Waals surface area (Å²) in [6, 6.07) is 1.66. The fraction of sp³-hybridized carbons (Fsp3) is 0.429. The van der Waals surface area contributed by atoms with Gasteiger partial charge in [-0.15, -0.1) is 0 Å². The van der Waals surface area contributed by atoms with E-state index in [1.54, 1.807) is 0 Å². The van der Waals surface area contributed by atoms with E-state index >= 15 is 0 Å². The maximum absolute atomic E-state index is 11.2. The summed E-state index contributed by atoms with van der Waals surface area (Å²) in [5.41, 5.74) is 3.05. The van der Waals surface area contributed by atoms with E-state index in [2.05, 4.69) is 20.9 Å². The SMILES string of the molecule is Cc1cc(Br)cn2c(CN3CCC[C@@H]3C(=O)O)cnc12. The molecule has 0 unspecified atom stereocenters. The fourth-order valence-corrected chi connectivity index (χ4v) is 3.43. The largest absolute Gasteiger partial charge is 0.480 e. The highest BCUT2D eigenvalue weighted by molar-refractivity contribution is 9.10. The minimum absolute atomic E-state index is 0.367. The Morgan fingerprint density at radius 2 is 2.40 bits per heavy atom. The Hall–Kier alpha value is -1.40. The van der Waals surface area contributed by atoms with Gasteiger partial charge in [0.15, 0.2) is 0 Å². The Kier molecular flexibility index (Phi) is 3.52. The zero-order chi connectivity index (χ0) is 14.3. The van der Waals surface area contributed by atoms with Crippen LogP contribution in [0.2, 0.25) is 0 Å². The Morgan fingerprint density at radius 3 is 3.15 bits per heavy atom. The predicted molar refractivity (Wildman–Crippen MR) is 78.7 cm³/mol. The van der Waals surface area contributed by atoms with Crippen molar-refractivity contribution in [2.45, 2.75) is 32.4 Å². The highest BCUT2D eigenvalue weighted by Crippen LogP contribution is 2.23. The molecule has 0 saturated carbocycles. The van der Waals surface area contributed by atoms with Crippen molar-refractivity contribution in [2.75, 3.05) is 6.54 Å². The van der Waals surface area contributed by atoms with Gasteiger partial charge in [-0.1, -0.05) is 0 Å². The van der Waals surface area contributed by atoms with Gasteiger partial charge in [0.1, 0.15) is 11.7 Å². The minimum atomic E-state index is -0.728. The number of likely N-dealkylation sites (tertiary alicyclic amines) is 1. The lowest BCUT2D eigenvalue weighted by Gasteiger charge is -2.20. The Balaban J connectivity index is 1.93. The van der Waals surface area contributed by atoms with Gasteiger partial charge in [0.2, 0.25) is 0 Å². The Bertz CT molecular complexity index is 668. The molecule has 0 bridgehead atoms. The van der Waals surface area contributed by atoms with E-state index in [0.717, 1.165) is 40.8 Å². The molecule has 0 radical (unpaired) electrons. The number of rotatable bonds is 3. The monoisotopic (exact) mass is 337 g/mol. The van der Waals surface area contributed by atoms with Crippen LogP contribution in [0, 0.1) is 6.92 Å². The number of hydrogen-bond donors (Lipinski definition) is 1. The molecule has 1 atom stereocenters. The summed E-state index contributed by atoms with van der Waals surface area (Å²) in [4.78, 5) is 17.7. The second kappa shape index (κ2) is 5.18. The second-order valence-electron chi connectivity index (χ2n) is 5.25. The first-order valence-corrected chi connectivity index (χ1v) is 7.44. The molecule has 1 aliphatic rings. The molecule has 106 valence electrons. The molecule has 0 aliphatic carbocycles. The molecule has 0 spiro atoms. The number of aliphatic carboxylic acids is 1. The lowest BCUT2D eigenvalue weighted by atomic mass is 10.2. The second-order valence-corrected chi connectivity index (χ2v) is 6.17. The zero-order valence-corrected chi connectivity index (χ0v) is 12.8. The number of carboxylic acid groups (broad SMARTS) is 1. The van der Waals surface area contributed by atoms with Crippen LogP contribution in [0.5, 0.6) is 0 Å². The molecular formula is C14H16BrN3O2. The molecule has 1 aliphatic heterocycles. The van der Waals surface area contributed by atoms with E-state index in [1.165, 1.54) is 0 Å². The number of nitrogens with zero attached hydrogens (tertiary/aromatic N) is 3. The quantitative estimate of drug-likeness (QED) is 0.934. The molecule has 3 heterocycles. The number of hydrogen-bond acceptors (Lipinski definition) is 3. The van der Waals surface area contributed by atoms with Gasteiger partial charge >= 0.3 is 5.97 Å². The number of aryl methyl sites for hydroxylation is 1. The van der Waals surface area contributed by atoms with Crippen molar-refractivity contribution >= 4 is 27.5 Å². The van der Waals surface area contributed by atoms with Crippen LogP contribution in [0.15, 0.2) is 22.9 Å². The molecule has 1 N–H and O–H groups in total. The molecule has 2 aromatic rings. The van der Waals surface area contributed by atoms with Crippen LogP contribution < -0.4 is 0 Å². The van der Waals surface area contributed by atoms with Crippen molar-refractivity contribution in [3.63, 3.8) is 0 Å². The van der Waals surface area contributed by atoms with E-state index < -0.39 is 5.97 Å². The summed E-state index contributed by atoms with van der Waals surface area (Å²) < 4.78 is 3.04. The zero-order valence-electron chi connectivity index (χ0n) is 11.2. The molecule has 2 aromatic heterocycles. The molecule has 20 heavy (non-hydrogen) atoms. The van der Waals surface area contributed by atoms with Gasteiger partial charge in [0, 0.05) is 17.2 Å². The van der Waals surface area contributed by atoms with E-state index in [-0.39, 0.29) is 6.04 Å². The third kappa shape index (κ3) is 2.33. The molecule has 0 aromatic carbocycles. The van der Waals surface area contributed by atoms with Crippen LogP contribution in [0.3, 0.4) is 0 Å². The molecule has 1 fully saturated rings. The molecule has 0 amide bonds. The summed E-state index contributed by atoms with van der Waals surface area (Å²) in [6.45, 7) is 3.47. The normalized spacial score (nSPS) is 19.8. The van der Waals surface area contributed by atoms with Gasteiger partial charge in [0.05, 0.1) is 11.9 Å². The summed E-state index contributed by atoms with van der Waals surface area (Å²) in [5, 5.41) is 9.24. The Morgan fingerprint density at radius 1 is 1.60 bits per heavy atom. The number of halogens is 1. The molecule has 6 heteroatoms.